The third-order valence-electron chi connectivity index (χ3n) is 4.74. The van der Waals surface area contributed by atoms with Crippen molar-refractivity contribution in [2.45, 2.75) is 37.8 Å². The van der Waals surface area contributed by atoms with Gasteiger partial charge in [0, 0.05) is 30.8 Å². The first-order valence-corrected chi connectivity index (χ1v) is 8.49. The lowest BCUT2D eigenvalue weighted by molar-refractivity contribution is -0.139. The van der Waals surface area contributed by atoms with Gasteiger partial charge in [0.2, 0.25) is 0 Å². The van der Waals surface area contributed by atoms with E-state index >= 15 is 0 Å². The van der Waals surface area contributed by atoms with Crippen molar-refractivity contribution < 1.29 is 27.9 Å². The lowest BCUT2D eigenvalue weighted by Crippen LogP contribution is -2.56. The number of amides is 2. The van der Waals surface area contributed by atoms with Gasteiger partial charge in [0.05, 0.1) is 6.54 Å². The molecule has 2 fully saturated rings. The van der Waals surface area contributed by atoms with Crippen LogP contribution >= 0.6 is 0 Å². The SMILES string of the molecule is O=C(O)CN(CC1CC1)C1CC(NC(=O)Nc2c(F)cc(F)cc2F)C1. The lowest BCUT2D eigenvalue weighted by atomic mass is 9.85. The monoisotopic (exact) mass is 371 g/mol. The fraction of sp³-hybridized carbons (Fsp3) is 0.529. The molecule has 2 aliphatic rings. The van der Waals surface area contributed by atoms with E-state index < -0.39 is 35.1 Å². The predicted molar refractivity (Wildman–Crippen MR) is 87.2 cm³/mol. The molecule has 0 bridgehead atoms. The molecule has 0 heterocycles. The Morgan fingerprint density at radius 3 is 2.31 bits per heavy atom. The summed E-state index contributed by atoms with van der Waals surface area (Å²) in [5.41, 5.74) is -0.707. The first-order valence-electron chi connectivity index (χ1n) is 8.49. The summed E-state index contributed by atoms with van der Waals surface area (Å²) >= 11 is 0. The van der Waals surface area contributed by atoms with Crippen LogP contribution in [0.3, 0.4) is 0 Å². The zero-order chi connectivity index (χ0) is 18.8. The van der Waals surface area contributed by atoms with Crippen LogP contribution in [0, 0.1) is 23.4 Å². The Morgan fingerprint density at radius 1 is 1.15 bits per heavy atom. The number of aliphatic carboxylic acids is 1. The Bertz CT molecular complexity index is 683. The second-order valence-electron chi connectivity index (χ2n) is 6.93. The zero-order valence-electron chi connectivity index (χ0n) is 14.0. The number of hydrogen-bond acceptors (Lipinski definition) is 3. The molecule has 0 atom stereocenters. The third-order valence-corrected chi connectivity index (χ3v) is 4.74. The maximum atomic E-state index is 13.5. The Labute approximate surface area is 148 Å². The van der Waals surface area contributed by atoms with Gasteiger partial charge in [-0.1, -0.05) is 0 Å². The molecule has 142 valence electrons. The number of carboxylic acids is 1. The van der Waals surface area contributed by atoms with Crippen LogP contribution in [0.1, 0.15) is 25.7 Å². The number of carboxylic acid groups (broad SMARTS) is 1. The molecule has 9 heteroatoms. The number of halogens is 3. The number of benzene rings is 1. The normalized spacial score (nSPS) is 22.0. The maximum absolute atomic E-state index is 13.5. The van der Waals surface area contributed by atoms with Crippen LogP contribution in [-0.4, -0.2) is 47.2 Å². The van der Waals surface area contributed by atoms with Gasteiger partial charge in [0.25, 0.3) is 0 Å². The number of nitrogens with one attached hydrogen (secondary N) is 2. The van der Waals surface area contributed by atoms with Crippen molar-refractivity contribution in [2.75, 3.05) is 18.4 Å². The number of carbonyl (C=O) groups excluding carboxylic acids is 1. The van der Waals surface area contributed by atoms with Gasteiger partial charge in [-0.25, -0.2) is 18.0 Å². The molecule has 1 aromatic rings. The molecule has 0 aromatic heterocycles. The average molecular weight is 371 g/mol. The van der Waals surface area contributed by atoms with Gasteiger partial charge >= 0.3 is 12.0 Å². The standard InChI is InChI=1S/C17H20F3N3O3/c18-10-3-13(19)16(14(20)4-10)22-17(26)21-11-5-12(6-11)23(8-15(24)25)7-9-1-2-9/h3-4,9,11-12H,1-2,5-8H2,(H,24,25)(H2,21,22,26). The van der Waals surface area contributed by atoms with Gasteiger partial charge < -0.3 is 15.7 Å². The van der Waals surface area contributed by atoms with Crippen molar-refractivity contribution in [2.24, 2.45) is 5.92 Å². The second kappa shape index (κ2) is 7.53. The highest BCUT2D eigenvalue weighted by molar-refractivity contribution is 5.89. The summed E-state index contributed by atoms with van der Waals surface area (Å²) in [5, 5.41) is 13.7. The average Bonchev–Trinajstić information content (AvgIpc) is 3.29. The third kappa shape index (κ3) is 4.66. The number of hydrogen-bond donors (Lipinski definition) is 3. The van der Waals surface area contributed by atoms with E-state index in [0.29, 0.717) is 30.9 Å². The fourth-order valence-electron chi connectivity index (χ4n) is 3.15. The number of urea groups is 1. The van der Waals surface area contributed by atoms with Crippen LogP contribution in [0.2, 0.25) is 0 Å². The van der Waals surface area contributed by atoms with Crippen LogP contribution in [0.15, 0.2) is 12.1 Å². The first-order chi connectivity index (χ1) is 12.3. The molecule has 0 unspecified atom stereocenters. The molecule has 26 heavy (non-hydrogen) atoms. The quantitative estimate of drug-likeness (QED) is 0.688. The minimum atomic E-state index is -1.19. The number of rotatable bonds is 7. The highest BCUT2D eigenvalue weighted by atomic mass is 19.1. The van der Waals surface area contributed by atoms with E-state index in [1.54, 1.807) is 0 Å². The van der Waals surface area contributed by atoms with Gasteiger partial charge in [0.15, 0.2) is 11.6 Å². The summed E-state index contributed by atoms with van der Waals surface area (Å²) in [5.74, 6) is -3.79. The second-order valence-corrected chi connectivity index (χ2v) is 6.93. The molecular formula is C17H20F3N3O3. The molecule has 6 nitrogen and oxygen atoms in total. The van der Waals surface area contributed by atoms with E-state index in [4.69, 9.17) is 5.11 Å². The fourth-order valence-corrected chi connectivity index (χ4v) is 3.15. The minimum Gasteiger partial charge on any atom is -0.480 e. The van der Waals surface area contributed by atoms with Gasteiger partial charge in [-0.15, -0.1) is 0 Å². The predicted octanol–water partition coefficient (Wildman–Crippen LogP) is 2.55. The summed E-state index contributed by atoms with van der Waals surface area (Å²) in [6.45, 7) is 0.702. The summed E-state index contributed by atoms with van der Waals surface area (Å²) < 4.78 is 39.9. The van der Waals surface area contributed by atoms with E-state index in [1.807, 2.05) is 10.2 Å². The van der Waals surface area contributed by atoms with E-state index in [2.05, 4.69) is 5.32 Å². The Balaban J connectivity index is 1.48. The van der Waals surface area contributed by atoms with Crippen molar-refractivity contribution in [3.8, 4) is 0 Å². The molecule has 3 N–H and O–H groups in total. The zero-order valence-corrected chi connectivity index (χ0v) is 14.0. The molecule has 0 saturated heterocycles. The van der Waals surface area contributed by atoms with Crippen molar-refractivity contribution in [1.82, 2.24) is 10.2 Å². The summed E-state index contributed by atoms with van der Waals surface area (Å²) in [6, 6.07) is 0.0441. The molecule has 0 radical (unpaired) electrons. The van der Waals surface area contributed by atoms with E-state index in [9.17, 15) is 22.8 Å². The van der Waals surface area contributed by atoms with Crippen molar-refractivity contribution >= 4 is 17.7 Å². The summed E-state index contributed by atoms with van der Waals surface area (Å²) in [6.07, 6.45) is 3.37. The molecule has 2 saturated carbocycles. The maximum Gasteiger partial charge on any atom is 0.319 e. The highest BCUT2D eigenvalue weighted by Gasteiger charge is 2.37. The van der Waals surface area contributed by atoms with E-state index in [1.165, 1.54) is 0 Å². The molecule has 3 rings (SSSR count). The Kier molecular flexibility index (Phi) is 5.36. The molecule has 0 spiro atoms. The van der Waals surface area contributed by atoms with E-state index in [0.717, 1.165) is 19.4 Å². The van der Waals surface area contributed by atoms with Crippen LogP contribution in [0.5, 0.6) is 0 Å². The van der Waals surface area contributed by atoms with Gasteiger partial charge in [-0.05, 0) is 31.6 Å². The smallest absolute Gasteiger partial charge is 0.319 e. The molecular weight excluding hydrogens is 351 g/mol. The number of carbonyl (C=O) groups is 2. The van der Waals surface area contributed by atoms with Gasteiger partial charge in [-0.2, -0.15) is 0 Å². The first kappa shape index (κ1) is 18.5. The number of anilines is 1. The van der Waals surface area contributed by atoms with Crippen LogP contribution in [-0.2, 0) is 4.79 Å². The molecule has 2 amide bonds. The highest BCUT2D eigenvalue weighted by Crippen LogP contribution is 2.33. The lowest BCUT2D eigenvalue weighted by Gasteiger charge is -2.42. The Hall–Kier alpha value is -2.29. The molecule has 0 aliphatic heterocycles. The van der Waals surface area contributed by atoms with Crippen molar-refractivity contribution in [1.29, 1.82) is 0 Å². The summed E-state index contributed by atoms with van der Waals surface area (Å²) in [7, 11) is 0. The summed E-state index contributed by atoms with van der Waals surface area (Å²) in [4.78, 5) is 24.8. The van der Waals surface area contributed by atoms with Gasteiger partial charge in [0.1, 0.15) is 11.5 Å². The van der Waals surface area contributed by atoms with Crippen LogP contribution in [0.4, 0.5) is 23.7 Å². The van der Waals surface area contributed by atoms with E-state index in [-0.39, 0.29) is 18.6 Å². The van der Waals surface area contributed by atoms with Crippen molar-refractivity contribution in [3.05, 3.63) is 29.6 Å². The minimum absolute atomic E-state index is 0.0356. The van der Waals surface area contributed by atoms with Crippen molar-refractivity contribution in [3.63, 3.8) is 0 Å². The number of nitrogens with zero attached hydrogens (tertiary/aromatic N) is 1. The largest absolute Gasteiger partial charge is 0.480 e. The van der Waals surface area contributed by atoms with Gasteiger partial charge in [-0.3, -0.25) is 9.69 Å². The van der Waals surface area contributed by atoms with Crippen LogP contribution in [0.25, 0.3) is 0 Å². The Morgan fingerprint density at radius 2 is 1.77 bits per heavy atom. The molecule has 1 aromatic carbocycles. The molecule has 2 aliphatic carbocycles. The topological polar surface area (TPSA) is 81.7 Å². The van der Waals surface area contributed by atoms with Crippen LogP contribution < -0.4 is 10.6 Å².